The Labute approximate surface area is 196 Å². The van der Waals surface area contributed by atoms with E-state index in [2.05, 4.69) is 10.3 Å². The lowest BCUT2D eigenvalue weighted by atomic mass is 9.99. The van der Waals surface area contributed by atoms with Gasteiger partial charge in [-0.25, -0.2) is 4.98 Å². The molecule has 2 aromatic carbocycles. The van der Waals surface area contributed by atoms with Crippen molar-refractivity contribution in [2.75, 3.05) is 19.0 Å². The van der Waals surface area contributed by atoms with Crippen molar-refractivity contribution in [1.82, 2.24) is 4.98 Å². The minimum Gasteiger partial charge on any atom is -0.497 e. The fourth-order valence-corrected chi connectivity index (χ4v) is 3.65. The average Bonchev–Trinajstić information content (AvgIpc) is 3.23. The van der Waals surface area contributed by atoms with Gasteiger partial charge in [0.05, 0.1) is 25.0 Å². The van der Waals surface area contributed by atoms with Gasteiger partial charge < -0.3 is 19.2 Å². The maximum Gasteiger partial charge on any atom is 0.249 e. The number of anilines is 1. The predicted molar refractivity (Wildman–Crippen MR) is 131 cm³/mol. The molecule has 33 heavy (non-hydrogen) atoms. The number of benzene rings is 2. The van der Waals surface area contributed by atoms with E-state index in [0.717, 1.165) is 33.4 Å². The summed E-state index contributed by atoms with van der Waals surface area (Å²) in [6.45, 7) is 4.26. The van der Waals surface area contributed by atoms with Crippen LogP contribution >= 0.6 is 11.6 Å². The number of amides is 1. The molecule has 0 spiro atoms. The summed E-state index contributed by atoms with van der Waals surface area (Å²) in [5.41, 5.74) is 4.13. The largest absolute Gasteiger partial charge is 0.497 e. The van der Waals surface area contributed by atoms with Crippen LogP contribution in [0.1, 0.15) is 19.4 Å². The van der Waals surface area contributed by atoms with E-state index < -0.39 is 0 Å². The van der Waals surface area contributed by atoms with Gasteiger partial charge in [-0.3, -0.25) is 4.79 Å². The van der Waals surface area contributed by atoms with Crippen LogP contribution in [0.2, 0.25) is 5.02 Å². The molecule has 168 valence electrons. The third-order valence-electron chi connectivity index (χ3n) is 5.11. The van der Waals surface area contributed by atoms with Gasteiger partial charge >= 0.3 is 0 Å². The van der Waals surface area contributed by atoms with Crippen molar-refractivity contribution >= 4 is 39.9 Å². The van der Waals surface area contributed by atoms with Crippen molar-refractivity contribution in [3.63, 3.8) is 0 Å². The lowest BCUT2D eigenvalue weighted by Gasteiger charge is -2.12. The molecule has 6 nitrogen and oxygen atoms in total. The Morgan fingerprint density at radius 3 is 2.79 bits per heavy atom. The van der Waals surface area contributed by atoms with Crippen LogP contribution in [0.25, 0.3) is 27.7 Å². The van der Waals surface area contributed by atoms with Gasteiger partial charge in [0, 0.05) is 34.9 Å². The molecule has 0 aliphatic rings. The Bertz CT molecular complexity index is 1330. The molecule has 2 aromatic heterocycles. The second-order valence-corrected chi connectivity index (χ2v) is 7.77. The second-order valence-electron chi connectivity index (χ2n) is 7.34. The third kappa shape index (κ3) is 5.02. The highest BCUT2D eigenvalue weighted by Crippen LogP contribution is 2.38. The van der Waals surface area contributed by atoms with Crippen molar-refractivity contribution < 1.29 is 18.7 Å². The average molecular weight is 463 g/mol. The first-order valence-electron chi connectivity index (χ1n) is 10.4. The maximum absolute atomic E-state index is 12.6. The molecule has 0 aliphatic carbocycles. The molecule has 1 amide bonds. The Morgan fingerprint density at radius 1 is 1.21 bits per heavy atom. The Kier molecular flexibility index (Phi) is 6.66. The molecular weight excluding hydrogens is 440 g/mol. The molecule has 4 rings (SSSR count). The van der Waals surface area contributed by atoms with Crippen LogP contribution in [0.5, 0.6) is 11.5 Å². The van der Waals surface area contributed by atoms with Crippen LogP contribution < -0.4 is 14.8 Å². The number of nitrogens with one attached hydrogen (secondary N) is 1. The van der Waals surface area contributed by atoms with Crippen molar-refractivity contribution in [1.29, 1.82) is 0 Å². The van der Waals surface area contributed by atoms with E-state index in [0.29, 0.717) is 28.8 Å². The highest BCUT2D eigenvalue weighted by atomic mass is 35.5. The molecule has 0 unspecified atom stereocenters. The highest BCUT2D eigenvalue weighted by molar-refractivity contribution is 6.30. The van der Waals surface area contributed by atoms with Crippen LogP contribution in [0, 0.1) is 0 Å². The number of carbonyl (C=O) groups excluding carboxylic acids is 1. The zero-order valence-corrected chi connectivity index (χ0v) is 19.3. The van der Waals surface area contributed by atoms with Gasteiger partial charge in [0.1, 0.15) is 22.9 Å². The van der Waals surface area contributed by atoms with Crippen molar-refractivity contribution in [3.8, 4) is 22.6 Å². The van der Waals surface area contributed by atoms with Gasteiger partial charge in [-0.2, -0.15) is 0 Å². The number of pyridine rings is 1. The lowest BCUT2D eigenvalue weighted by molar-refractivity contribution is -0.111. The monoisotopic (exact) mass is 462 g/mol. The number of allylic oxidation sites excluding steroid dienone is 1. The highest BCUT2D eigenvalue weighted by Gasteiger charge is 2.16. The van der Waals surface area contributed by atoms with Crippen LogP contribution in [-0.2, 0) is 4.79 Å². The molecule has 0 saturated heterocycles. The number of methoxy groups -OCH3 is 1. The number of carbonyl (C=O) groups is 1. The van der Waals surface area contributed by atoms with Gasteiger partial charge in [-0.05, 0) is 55.3 Å². The minimum atomic E-state index is -0.301. The topological polar surface area (TPSA) is 73.6 Å². The maximum atomic E-state index is 12.6. The zero-order valence-electron chi connectivity index (χ0n) is 18.5. The van der Waals surface area contributed by atoms with Gasteiger partial charge in [-0.1, -0.05) is 23.7 Å². The number of nitrogens with zero attached hydrogens (tertiary/aromatic N) is 1. The van der Waals surface area contributed by atoms with Crippen LogP contribution in [-0.4, -0.2) is 24.6 Å². The molecule has 0 aliphatic heterocycles. The summed E-state index contributed by atoms with van der Waals surface area (Å²) in [6.07, 6.45) is 4.72. The van der Waals surface area contributed by atoms with E-state index in [9.17, 15) is 4.79 Å². The third-order valence-corrected chi connectivity index (χ3v) is 5.33. The standard InChI is InChI=1S/C26H23ClN2O4/c1-4-32-23-13-24-21(22(15-33-24)17-6-5-7-19(11-17)31-3)12-20(23)16(2)10-26(30)29-25-9-8-18(27)14-28-25/h5-15H,4H2,1-3H3,(H,28,29,30)/b16-10+. The second kappa shape index (κ2) is 9.79. The van der Waals surface area contributed by atoms with E-state index in [4.69, 9.17) is 25.5 Å². The summed E-state index contributed by atoms with van der Waals surface area (Å²) < 4.78 is 17.0. The molecule has 4 aromatic rings. The van der Waals surface area contributed by atoms with Crippen LogP contribution in [0.15, 0.2) is 71.5 Å². The summed E-state index contributed by atoms with van der Waals surface area (Å²) >= 11 is 5.86. The van der Waals surface area contributed by atoms with Gasteiger partial charge in [0.2, 0.25) is 5.91 Å². The van der Waals surface area contributed by atoms with Crippen molar-refractivity contribution in [3.05, 3.63) is 77.7 Å². The molecule has 0 radical (unpaired) electrons. The molecule has 0 bridgehead atoms. The smallest absolute Gasteiger partial charge is 0.249 e. The summed E-state index contributed by atoms with van der Waals surface area (Å²) in [5.74, 6) is 1.52. The summed E-state index contributed by atoms with van der Waals surface area (Å²) in [4.78, 5) is 16.7. The molecular formula is C26H23ClN2O4. The minimum absolute atomic E-state index is 0.301. The number of aromatic nitrogens is 1. The SMILES string of the molecule is CCOc1cc2occ(-c3cccc(OC)c3)c2cc1/C(C)=C/C(=O)Nc1ccc(Cl)cn1. The first kappa shape index (κ1) is 22.4. The van der Waals surface area contributed by atoms with E-state index in [1.54, 1.807) is 25.5 Å². The molecule has 2 heterocycles. The van der Waals surface area contributed by atoms with Crippen molar-refractivity contribution in [2.45, 2.75) is 13.8 Å². The quantitative estimate of drug-likeness (QED) is 0.313. The predicted octanol–water partition coefficient (Wildman–Crippen LogP) is 6.60. The van der Waals surface area contributed by atoms with E-state index in [1.807, 2.05) is 50.2 Å². The Hall–Kier alpha value is -3.77. The molecule has 0 saturated carbocycles. The van der Waals surface area contributed by atoms with E-state index in [1.165, 1.54) is 12.3 Å². The van der Waals surface area contributed by atoms with E-state index >= 15 is 0 Å². The number of furan rings is 1. The number of halogens is 1. The van der Waals surface area contributed by atoms with Gasteiger partial charge in [0.25, 0.3) is 0 Å². The first-order valence-corrected chi connectivity index (χ1v) is 10.8. The zero-order chi connectivity index (χ0) is 23.4. The molecule has 7 heteroatoms. The first-order chi connectivity index (χ1) is 16.0. The number of ether oxygens (including phenoxy) is 2. The molecule has 0 atom stereocenters. The normalized spacial score (nSPS) is 11.5. The Morgan fingerprint density at radius 2 is 2.06 bits per heavy atom. The van der Waals surface area contributed by atoms with Crippen molar-refractivity contribution in [2.24, 2.45) is 0 Å². The van der Waals surface area contributed by atoms with Gasteiger partial charge in [-0.15, -0.1) is 0 Å². The summed E-state index contributed by atoms with van der Waals surface area (Å²) in [5, 5.41) is 4.16. The molecule has 0 fully saturated rings. The lowest BCUT2D eigenvalue weighted by Crippen LogP contribution is -2.10. The fourth-order valence-electron chi connectivity index (χ4n) is 3.54. The Balaban J connectivity index is 1.72. The fraction of sp³-hybridized carbons (Fsp3) is 0.154. The van der Waals surface area contributed by atoms with Crippen LogP contribution in [0.3, 0.4) is 0 Å². The van der Waals surface area contributed by atoms with Crippen LogP contribution in [0.4, 0.5) is 5.82 Å². The molecule has 1 N–H and O–H groups in total. The summed E-state index contributed by atoms with van der Waals surface area (Å²) in [6, 6.07) is 14.9. The van der Waals surface area contributed by atoms with Gasteiger partial charge in [0.15, 0.2) is 0 Å². The number of hydrogen-bond acceptors (Lipinski definition) is 5. The number of rotatable bonds is 7. The van der Waals surface area contributed by atoms with E-state index in [-0.39, 0.29) is 5.91 Å². The summed E-state index contributed by atoms with van der Waals surface area (Å²) in [7, 11) is 1.64. The number of hydrogen-bond donors (Lipinski definition) is 1. The number of fused-ring (bicyclic) bond motifs is 1.